The van der Waals surface area contributed by atoms with Crippen LogP contribution in [0, 0.1) is 0 Å². The van der Waals surface area contributed by atoms with Crippen molar-refractivity contribution in [2.75, 3.05) is 5.75 Å². The number of carbonyl (C=O) groups is 1. The first kappa shape index (κ1) is 17.8. The van der Waals surface area contributed by atoms with Crippen LogP contribution in [0.3, 0.4) is 0 Å². The number of carbonyl (C=O) groups excluding carboxylic acids is 1. The lowest BCUT2D eigenvalue weighted by Crippen LogP contribution is -2.36. The SMILES string of the molecule is CC(C)S(=O)(=O)NC(=O)CSc1ccc(C(F)(F)F)cn1. The van der Waals surface area contributed by atoms with E-state index < -0.39 is 32.9 Å². The van der Waals surface area contributed by atoms with Gasteiger partial charge in [-0.3, -0.25) is 9.52 Å². The van der Waals surface area contributed by atoms with Gasteiger partial charge < -0.3 is 0 Å². The van der Waals surface area contributed by atoms with Gasteiger partial charge in [0.1, 0.15) is 0 Å². The van der Waals surface area contributed by atoms with Crippen LogP contribution in [0.1, 0.15) is 19.4 Å². The van der Waals surface area contributed by atoms with Crippen LogP contribution < -0.4 is 4.72 Å². The van der Waals surface area contributed by atoms with Crippen molar-refractivity contribution >= 4 is 27.7 Å². The number of thioether (sulfide) groups is 1. The van der Waals surface area contributed by atoms with E-state index in [0.717, 1.165) is 23.9 Å². The van der Waals surface area contributed by atoms with Gasteiger partial charge >= 0.3 is 6.18 Å². The second-order valence-corrected chi connectivity index (χ2v) is 7.52. The molecule has 1 amide bonds. The van der Waals surface area contributed by atoms with E-state index in [9.17, 15) is 26.4 Å². The van der Waals surface area contributed by atoms with Crippen molar-refractivity contribution in [3.8, 4) is 0 Å². The molecule has 0 spiro atoms. The van der Waals surface area contributed by atoms with Crippen molar-refractivity contribution in [2.45, 2.75) is 30.3 Å². The molecule has 0 aliphatic heterocycles. The Labute approximate surface area is 124 Å². The van der Waals surface area contributed by atoms with Crippen molar-refractivity contribution < 1.29 is 26.4 Å². The molecule has 0 radical (unpaired) electrons. The summed E-state index contributed by atoms with van der Waals surface area (Å²) in [4.78, 5) is 15.0. The van der Waals surface area contributed by atoms with Crippen LogP contribution in [0.4, 0.5) is 13.2 Å². The minimum Gasteiger partial charge on any atom is -0.273 e. The van der Waals surface area contributed by atoms with Gasteiger partial charge in [0.2, 0.25) is 15.9 Å². The van der Waals surface area contributed by atoms with Crippen LogP contribution in [0.2, 0.25) is 0 Å². The number of nitrogens with zero attached hydrogens (tertiary/aromatic N) is 1. The molecule has 1 N–H and O–H groups in total. The summed E-state index contributed by atoms with van der Waals surface area (Å²) < 4.78 is 61.7. The highest BCUT2D eigenvalue weighted by Crippen LogP contribution is 2.29. The molecule has 1 rings (SSSR count). The topological polar surface area (TPSA) is 76.1 Å². The van der Waals surface area contributed by atoms with Gasteiger partial charge in [-0.15, -0.1) is 0 Å². The van der Waals surface area contributed by atoms with Gasteiger partial charge in [0.05, 0.1) is 21.6 Å². The normalized spacial score (nSPS) is 12.5. The molecule has 1 aromatic heterocycles. The van der Waals surface area contributed by atoms with Crippen LogP contribution in [0.25, 0.3) is 0 Å². The summed E-state index contributed by atoms with van der Waals surface area (Å²) in [6, 6.07) is 1.97. The van der Waals surface area contributed by atoms with E-state index in [0.29, 0.717) is 6.20 Å². The molecule has 0 unspecified atom stereocenters. The molecule has 0 atom stereocenters. The van der Waals surface area contributed by atoms with Crippen molar-refractivity contribution in [3.05, 3.63) is 23.9 Å². The molecule has 0 aromatic carbocycles. The first-order chi connectivity index (χ1) is 9.52. The van der Waals surface area contributed by atoms with Gasteiger partial charge in [0.25, 0.3) is 0 Å². The second kappa shape index (κ2) is 6.65. The minimum absolute atomic E-state index is 0.195. The molecule has 118 valence electrons. The molecule has 1 aromatic rings. The van der Waals surface area contributed by atoms with Gasteiger partial charge in [-0.25, -0.2) is 13.4 Å². The molecule has 1 heterocycles. The van der Waals surface area contributed by atoms with E-state index in [-0.39, 0.29) is 10.8 Å². The first-order valence-corrected chi connectivity index (χ1v) is 8.26. The maximum atomic E-state index is 12.3. The molecule has 0 bridgehead atoms. The third kappa shape index (κ3) is 5.54. The fourth-order valence-corrected chi connectivity index (χ4v) is 2.44. The lowest BCUT2D eigenvalue weighted by atomic mass is 10.3. The van der Waals surface area contributed by atoms with E-state index in [1.807, 2.05) is 4.72 Å². The Balaban J connectivity index is 2.58. The van der Waals surface area contributed by atoms with Gasteiger partial charge in [-0.2, -0.15) is 13.2 Å². The zero-order chi connectivity index (χ0) is 16.3. The first-order valence-electron chi connectivity index (χ1n) is 5.73. The predicted molar refractivity (Wildman–Crippen MR) is 72.2 cm³/mol. The minimum atomic E-state index is -4.47. The number of hydrogen-bond donors (Lipinski definition) is 1. The van der Waals surface area contributed by atoms with Crippen molar-refractivity contribution in [3.63, 3.8) is 0 Å². The largest absolute Gasteiger partial charge is 0.417 e. The van der Waals surface area contributed by atoms with Crippen LogP contribution in [-0.2, 0) is 21.0 Å². The van der Waals surface area contributed by atoms with Gasteiger partial charge in [-0.1, -0.05) is 11.8 Å². The Morgan fingerprint density at radius 3 is 2.43 bits per heavy atom. The molecule has 10 heteroatoms. The molecule has 0 aliphatic carbocycles. The average Bonchev–Trinajstić information content (AvgIpc) is 2.35. The van der Waals surface area contributed by atoms with E-state index in [1.165, 1.54) is 13.8 Å². The fourth-order valence-electron chi connectivity index (χ4n) is 1.08. The number of hydrogen-bond acceptors (Lipinski definition) is 5. The number of amides is 1. The maximum absolute atomic E-state index is 12.3. The van der Waals surface area contributed by atoms with E-state index in [2.05, 4.69) is 4.98 Å². The highest BCUT2D eigenvalue weighted by atomic mass is 32.2. The molecule has 0 fully saturated rings. The third-order valence-electron chi connectivity index (χ3n) is 2.29. The van der Waals surface area contributed by atoms with Crippen LogP contribution >= 0.6 is 11.8 Å². The monoisotopic (exact) mass is 342 g/mol. The fraction of sp³-hybridized carbons (Fsp3) is 0.455. The van der Waals surface area contributed by atoms with Crippen molar-refractivity contribution in [1.29, 1.82) is 0 Å². The molecule has 0 saturated carbocycles. The van der Waals surface area contributed by atoms with Gasteiger partial charge in [0.15, 0.2) is 0 Å². The summed E-state index contributed by atoms with van der Waals surface area (Å²) in [5.74, 6) is -1.01. The zero-order valence-corrected chi connectivity index (χ0v) is 12.8. The molecule has 0 saturated heterocycles. The van der Waals surface area contributed by atoms with E-state index >= 15 is 0 Å². The van der Waals surface area contributed by atoms with E-state index in [4.69, 9.17) is 0 Å². The Hall–Kier alpha value is -1.29. The summed E-state index contributed by atoms with van der Waals surface area (Å²) in [6.07, 6.45) is -3.82. The Bertz CT molecular complexity index is 598. The number of alkyl halides is 3. The van der Waals surface area contributed by atoms with E-state index in [1.54, 1.807) is 0 Å². The van der Waals surface area contributed by atoms with Crippen LogP contribution in [0.15, 0.2) is 23.4 Å². The Morgan fingerprint density at radius 1 is 1.38 bits per heavy atom. The summed E-state index contributed by atoms with van der Waals surface area (Å²) in [7, 11) is -3.71. The smallest absolute Gasteiger partial charge is 0.273 e. The van der Waals surface area contributed by atoms with Crippen molar-refractivity contribution in [1.82, 2.24) is 9.71 Å². The predicted octanol–water partition coefficient (Wildman–Crippen LogP) is 2.05. The summed E-state index contributed by atoms with van der Waals surface area (Å²) in [5, 5.41) is -0.560. The Kier molecular flexibility index (Phi) is 5.62. The quantitative estimate of drug-likeness (QED) is 0.829. The lowest BCUT2D eigenvalue weighted by Gasteiger charge is -2.09. The van der Waals surface area contributed by atoms with Gasteiger partial charge in [-0.05, 0) is 26.0 Å². The molecular formula is C11H13F3N2O3S2. The zero-order valence-electron chi connectivity index (χ0n) is 11.1. The number of rotatable bonds is 5. The summed E-state index contributed by atoms with van der Waals surface area (Å²) in [6.45, 7) is 2.83. The highest BCUT2D eigenvalue weighted by Gasteiger charge is 2.30. The van der Waals surface area contributed by atoms with Crippen LogP contribution in [-0.4, -0.2) is 30.3 Å². The Morgan fingerprint density at radius 2 is 2.00 bits per heavy atom. The highest BCUT2D eigenvalue weighted by molar-refractivity contribution is 8.00. The average molecular weight is 342 g/mol. The maximum Gasteiger partial charge on any atom is 0.417 e. The molecule has 5 nitrogen and oxygen atoms in total. The number of halogens is 3. The number of pyridine rings is 1. The standard InChI is InChI=1S/C11H13F3N2O3S2/c1-7(2)21(18,19)16-9(17)6-20-10-4-3-8(5-15-10)11(12,13)14/h3-5,7H,6H2,1-2H3,(H,16,17). The van der Waals surface area contributed by atoms with Crippen molar-refractivity contribution in [2.24, 2.45) is 0 Å². The third-order valence-corrected chi connectivity index (χ3v) is 4.99. The number of nitrogens with one attached hydrogen (secondary N) is 1. The summed E-state index contributed by atoms with van der Waals surface area (Å²) in [5.41, 5.74) is -0.890. The summed E-state index contributed by atoms with van der Waals surface area (Å²) >= 11 is 0.845. The van der Waals surface area contributed by atoms with Crippen LogP contribution in [0.5, 0.6) is 0 Å². The number of aromatic nitrogens is 1. The van der Waals surface area contributed by atoms with Gasteiger partial charge in [0, 0.05) is 6.20 Å². The molecule has 0 aliphatic rings. The molecular weight excluding hydrogens is 329 g/mol. The second-order valence-electron chi connectivity index (χ2n) is 4.29. The number of sulfonamides is 1. The lowest BCUT2D eigenvalue weighted by molar-refractivity contribution is -0.137. The molecule has 21 heavy (non-hydrogen) atoms.